The van der Waals surface area contributed by atoms with Crippen molar-refractivity contribution in [2.24, 2.45) is 0 Å². The molecule has 0 saturated heterocycles. The highest BCUT2D eigenvalue weighted by molar-refractivity contribution is 9.10. The van der Waals surface area contributed by atoms with Crippen molar-refractivity contribution in [3.63, 3.8) is 0 Å². The van der Waals surface area contributed by atoms with E-state index in [0.717, 1.165) is 41.1 Å². The van der Waals surface area contributed by atoms with Gasteiger partial charge in [0.25, 0.3) is 0 Å². The molecular weight excluding hydrogens is 354 g/mol. The fourth-order valence-corrected chi connectivity index (χ4v) is 2.75. The van der Waals surface area contributed by atoms with Gasteiger partial charge < -0.3 is 14.5 Å². The van der Waals surface area contributed by atoms with Gasteiger partial charge in [-0.2, -0.15) is 0 Å². The number of furan rings is 1. The van der Waals surface area contributed by atoms with Crippen molar-refractivity contribution in [2.45, 2.75) is 25.8 Å². The normalized spacial score (nSPS) is 12.4. The van der Waals surface area contributed by atoms with E-state index in [1.54, 1.807) is 7.11 Å². The van der Waals surface area contributed by atoms with Crippen LogP contribution in [-0.2, 0) is 6.42 Å². The summed E-state index contributed by atoms with van der Waals surface area (Å²) in [6.45, 7) is 3.06. The van der Waals surface area contributed by atoms with Crippen molar-refractivity contribution in [1.82, 2.24) is 5.32 Å². The van der Waals surface area contributed by atoms with Gasteiger partial charge in [-0.15, -0.1) is 0 Å². The lowest BCUT2D eigenvalue weighted by Crippen LogP contribution is -2.23. The molecule has 0 amide bonds. The Balaban J connectivity index is 2.24. The van der Waals surface area contributed by atoms with E-state index in [-0.39, 0.29) is 6.04 Å². The van der Waals surface area contributed by atoms with Gasteiger partial charge in [0, 0.05) is 5.02 Å². The molecule has 1 unspecified atom stereocenters. The lowest BCUT2D eigenvalue weighted by molar-refractivity contribution is 0.384. The smallest absolute Gasteiger partial charge is 0.169 e. The van der Waals surface area contributed by atoms with Crippen LogP contribution in [0.15, 0.2) is 39.4 Å². The van der Waals surface area contributed by atoms with Gasteiger partial charge >= 0.3 is 0 Å². The van der Waals surface area contributed by atoms with Gasteiger partial charge in [0.2, 0.25) is 0 Å². The standard InChI is InChI=1S/C16H19BrClNO2/c1-3-8-19-13(15-6-7-16(17)21-15)10-11-9-12(18)4-5-14(11)20-2/h4-7,9,13,19H,3,8,10H2,1-2H3. The molecular formula is C16H19BrClNO2. The van der Waals surface area contributed by atoms with Crippen molar-refractivity contribution >= 4 is 27.5 Å². The first-order valence-electron chi connectivity index (χ1n) is 6.95. The van der Waals surface area contributed by atoms with E-state index in [1.807, 2.05) is 30.3 Å². The Labute approximate surface area is 138 Å². The molecule has 114 valence electrons. The van der Waals surface area contributed by atoms with Crippen molar-refractivity contribution in [3.8, 4) is 5.75 Å². The van der Waals surface area contributed by atoms with Gasteiger partial charge in [-0.1, -0.05) is 18.5 Å². The van der Waals surface area contributed by atoms with E-state index < -0.39 is 0 Å². The van der Waals surface area contributed by atoms with Gasteiger partial charge in [0.05, 0.1) is 13.2 Å². The molecule has 0 radical (unpaired) electrons. The molecule has 1 atom stereocenters. The van der Waals surface area contributed by atoms with Crippen LogP contribution >= 0.6 is 27.5 Å². The highest BCUT2D eigenvalue weighted by atomic mass is 79.9. The van der Waals surface area contributed by atoms with Crippen LogP contribution in [0.1, 0.15) is 30.7 Å². The van der Waals surface area contributed by atoms with Crippen LogP contribution in [0.25, 0.3) is 0 Å². The minimum Gasteiger partial charge on any atom is -0.496 e. The fraction of sp³-hybridized carbons (Fsp3) is 0.375. The van der Waals surface area contributed by atoms with Gasteiger partial charge in [0.1, 0.15) is 11.5 Å². The Bertz CT molecular complexity index is 585. The average molecular weight is 373 g/mol. The molecule has 21 heavy (non-hydrogen) atoms. The Morgan fingerprint density at radius 3 is 2.76 bits per heavy atom. The summed E-state index contributed by atoms with van der Waals surface area (Å²) in [6, 6.07) is 9.65. The average Bonchev–Trinajstić information content (AvgIpc) is 2.90. The van der Waals surface area contributed by atoms with Crippen molar-refractivity contribution in [1.29, 1.82) is 0 Å². The second-order valence-corrected chi connectivity index (χ2v) is 6.03. The lowest BCUT2D eigenvalue weighted by Gasteiger charge is -2.18. The summed E-state index contributed by atoms with van der Waals surface area (Å²) >= 11 is 9.46. The fourth-order valence-electron chi connectivity index (χ4n) is 2.23. The van der Waals surface area contributed by atoms with E-state index in [9.17, 15) is 0 Å². The van der Waals surface area contributed by atoms with E-state index in [0.29, 0.717) is 5.02 Å². The highest BCUT2D eigenvalue weighted by Crippen LogP contribution is 2.29. The first-order valence-corrected chi connectivity index (χ1v) is 8.12. The number of rotatable bonds is 7. The molecule has 0 spiro atoms. The van der Waals surface area contributed by atoms with Gasteiger partial charge in [0.15, 0.2) is 4.67 Å². The number of hydrogen-bond acceptors (Lipinski definition) is 3. The van der Waals surface area contributed by atoms with Crippen LogP contribution in [0.4, 0.5) is 0 Å². The molecule has 0 aliphatic heterocycles. The van der Waals surface area contributed by atoms with Crippen LogP contribution in [0.3, 0.4) is 0 Å². The summed E-state index contributed by atoms with van der Waals surface area (Å²) in [5, 5.41) is 4.21. The van der Waals surface area contributed by atoms with Gasteiger partial charge in [-0.3, -0.25) is 0 Å². The zero-order chi connectivity index (χ0) is 15.2. The summed E-state index contributed by atoms with van der Waals surface area (Å²) < 4.78 is 11.9. The van der Waals surface area contributed by atoms with Crippen LogP contribution in [-0.4, -0.2) is 13.7 Å². The van der Waals surface area contributed by atoms with Gasteiger partial charge in [-0.05, 0) is 71.2 Å². The zero-order valence-electron chi connectivity index (χ0n) is 12.2. The first kappa shape index (κ1) is 16.4. The van der Waals surface area contributed by atoms with E-state index in [1.165, 1.54) is 0 Å². The van der Waals surface area contributed by atoms with E-state index in [4.69, 9.17) is 20.8 Å². The zero-order valence-corrected chi connectivity index (χ0v) is 14.5. The van der Waals surface area contributed by atoms with Crippen LogP contribution in [0.5, 0.6) is 5.75 Å². The van der Waals surface area contributed by atoms with E-state index in [2.05, 4.69) is 28.2 Å². The number of ether oxygens (including phenoxy) is 1. The lowest BCUT2D eigenvalue weighted by atomic mass is 10.0. The second kappa shape index (κ2) is 7.87. The molecule has 0 aliphatic rings. The topological polar surface area (TPSA) is 34.4 Å². The number of methoxy groups -OCH3 is 1. The third kappa shape index (κ3) is 4.50. The second-order valence-electron chi connectivity index (χ2n) is 4.81. The Hall–Kier alpha value is -0.970. The minimum atomic E-state index is 0.0867. The summed E-state index contributed by atoms with van der Waals surface area (Å²) in [5.74, 6) is 1.74. The van der Waals surface area contributed by atoms with Crippen molar-refractivity contribution < 1.29 is 9.15 Å². The molecule has 2 aromatic rings. The Morgan fingerprint density at radius 2 is 2.14 bits per heavy atom. The third-order valence-corrected chi connectivity index (χ3v) is 3.91. The molecule has 0 saturated carbocycles. The van der Waals surface area contributed by atoms with Crippen LogP contribution < -0.4 is 10.1 Å². The van der Waals surface area contributed by atoms with Crippen LogP contribution in [0.2, 0.25) is 5.02 Å². The molecule has 1 aromatic carbocycles. The minimum absolute atomic E-state index is 0.0867. The van der Waals surface area contributed by atoms with Gasteiger partial charge in [-0.25, -0.2) is 0 Å². The largest absolute Gasteiger partial charge is 0.496 e. The molecule has 1 heterocycles. The van der Waals surface area contributed by atoms with E-state index >= 15 is 0 Å². The number of nitrogens with one attached hydrogen (secondary N) is 1. The Kier molecular flexibility index (Phi) is 6.15. The first-order chi connectivity index (χ1) is 10.1. The molecule has 0 fully saturated rings. The molecule has 0 bridgehead atoms. The maximum atomic E-state index is 6.10. The molecule has 3 nitrogen and oxygen atoms in total. The molecule has 0 aliphatic carbocycles. The molecule has 5 heteroatoms. The summed E-state index contributed by atoms with van der Waals surface area (Å²) in [4.78, 5) is 0. The monoisotopic (exact) mass is 371 g/mol. The van der Waals surface area contributed by atoms with Crippen molar-refractivity contribution in [3.05, 3.63) is 51.3 Å². The maximum Gasteiger partial charge on any atom is 0.169 e. The SMILES string of the molecule is CCCNC(Cc1cc(Cl)ccc1OC)c1ccc(Br)o1. The molecule has 1 aromatic heterocycles. The van der Waals surface area contributed by atoms with Crippen molar-refractivity contribution in [2.75, 3.05) is 13.7 Å². The van der Waals surface area contributed by atoms with Crippen LogP contribution in [0, 0.1) is 0 Å². The summed E-state index contributed by atoms with van der Waals surface area (Å²) in [5.41, 5.74) is 1.06. The predicted molar refractivity (Wildman–Crippen MR) is 89.2 cm³/mol. The number of benzene rings is 1. The highest BCUT2D eigenvalue weighted by Gasteiger charge is 2.18. The molecule has 1 N–H and O–H groups in total. The number of hydrogen-bond donors (Lipinski definition) is 1. The predicted octanol–water partition coefficient (Wildman–Crippen LogP) is 4.99. The third-order valence-electron chi connectivity index (χ3n) is 3.24. The maximum absolute atomic E-state index is 6.10. The molecule has 2 rings (SSSR count). The quantitative estimate of drug-likeness (QED) is 0.743. The summed E-state index contributed by atoms with van der Waals surface area (Å²) in [7, 11) is 1.67. The number of halogens is 2. The summed E-state index contributed by atoms with van der Waals surface area (Å²) in [6.07, 6.45) is 1.81. The Morgan fingerprint density at radius 1 is 1.33 bits per heavy atom.